The molecule has 0 atom stereocenters. The van der Waals surface area contributed by atoms with Crippen LogP contribution in [0.3, 0.4) is 0 Å². The summed E-state index contributed by atoms with van der Waals surface area (Å²) >= 11 is 0. The summed E-state index contributed by atoms with van der Waals surface area (Å²) in [7, 11) is 0. The highest BCUT2D eigenvalue weighted by atomic mass is 19.1. The average molecular weight is 346 g/mol. The van der Waals surface area contributed by atoms with Gasteiger partial charge >= 0.3 is 0 Å². The number of aromatic nitrogens is 3. The molecule has 0 aliphatic rings. The number of fused-ring (bicyclic) bond motifs is 1. The molecule has 26 heavy (non-hydrogen) atoms. The molecule has 0 saturated carbocycles. The summed E-state index contributed by atoms with van der Waals surface area (Å²) in [4.78, 5) is 24.2. The number of anilines is 1. The zero-order valence-electron chi connectivity index (χ0n) is 14.0. The van der Waals surface area contributed by atoms with Crippen LogP contribution < -0.4 is 5.32 Å². The largest absolute Gasteiger partial charge is 0.338 e. The Morgan fingerprint density at radius 3 is 2.81 bits per heavy atom. The molecule has 1 amide bonds. The maximum absolute atomic E-state index is 13.5. The SMILES string of the molecule is Cc1cc(F)cc(C(=O)Nc2ccc3nc(-c4cccnc4)[nH]c3c2)c1. The highest BCUT2D eigenvalue weighted by molar-refractivity contribution is 6.05. The third-order valence-electron chi connectivity index (χ3n) is 3.98. The van der Waals surface area contributed by atoms with E-state index in [1.54, 1.807) is 37.5 Å². The first-order valence-electron chi connectivity index (χ1n) is 8.07. The van der Waals surface area contributed by atoms with E-state index in [1.807, 2.05) is 18.2 Å². The predicted molar refractivity (Wildman–Crippen MR) is 98.4 cm³/mol. The first-order chi connectivity index (χ1) is 12.6. The number of nitrogens with one attached hydrogen (secondary N) is 2. The van der Waals surface area contributed by atoms with Crippen molar-refractivity contribution >= 4 is 22.6 Å². The number of imidazole rings is 1. The van der Waals surface area contributed by atoms with E-state index in [9.17, 15) is 9.18 Å². The number of pyridine rings is 1. The lowest BCUT2D eigenvalue weighted by Crippen LogP contribution is -2.12. The van der Waals surface area contributed by atoms with Gasteiger partial charge in [-0.15, -0.1) is 0 Å². The highest BCUT2D eigenvalue weighted by Crippen LogP contribution is 2.22. The Labute approximate surface area is 148 Å². The average Bonchev–Trinajstić information content (AvgIpc) is 3.05. The van der Waals surface area contributed by atoms with Gasteiger partial charge in [-0.3, -0.25) is 9.78 Å². The molecule has 2 aromatic carbocycles. The molecule has 2 heterocycles. The standard InChI is InChI=1S/C20H15FN4O/c1-12-7-14(9-15(21)8-12)20(26)23-16-4-5-17-18(10-16)25-19(24-17)13-3-2-6-22-11-13/h2-11H,1H3,(H,23,26)(H,24,25). The van der Waals surface area contributed by atoms with Crippen molar-refractivity contribution in [2.75, 3.05) is 5.32 Å². The van der Waals surface area contributed by atoms with Crippen molar-refractivity contribution in [1.82, 2.24) is 15.0 Å². The molecule has 4 rings (SSSR count). The summed E-state index contributed by atoms with van der Waals surface area (Å²) in [6.45, 7) is 1.75. The van der Waals surface area contributed by atoms with Crippen LogP contribution in [-0.4, -0.2) is 20.9 Å². The number of carbonyl (C=O) groups is 1. The van der Waals surface area contributed by atoms with Gasteiger partial charge in [-0.1, -0.05) is 0 Å². The summed E-state index contributed by atoms with van der Waals surface area (Å²) in [5.41, 5.74) is 4.03. The lowest BCUT2D eigenvalue weighted by atomic mass is 10.1. The van der Waals surface area contributed by atoms with Crippen LogP contribution in [-0.2, 0) is 0 Å². The van der Waals surface area contributed by atoms with Crippen molar-refractivity contribution < 1.29 is 9.18 Å². The van der Waals surface area contributed by atoms with Crippen LogP contribution in [0.5, 0.6) is 0 Å². The van der Waals surface area contributed by atoms with Gasteiger partial charge in [0.1, 0.15) is 11.6 Å². The molecule has 0 aliphatic heterocycles. The summed E-state index contributed by atoms with van der Waals surface area (Å²) in [6.07, 6.45) is 3.43. The number of aryl methyl sites for hydroxylation is 1. The molecule has 5 nitrogen and oxygen atoms in total. The lowest BCUT2D eigenvalue weighted by Gasteiger charge is -2.06. The highest BCUT2D eigenvalue weighted by Gasteiger charge is 2.10. The van der Waals surface area contributed by atoms with E-state index in [0.717, 1.165) is 16.6 Å². The fraction of sp³-hybridized carbons (Fsp3) is 0.0500. The van der Waals surface area contributed by atoms with Crippen LogP contribution in [0.15, 0.2) is 60.9 Å². The number of rotatable bonds is 3. The maximum Gasteiger partial charge on any atom is 0.255 e. The minimum atomic E-state index is -0.430. The van der Waals surface area contributed by atoms with Gasteiger partial charge in [0.05, 0.1) is 11.0 Å². The van der Waals surface area contributed by atoms with Gasteiger partial charge in [0.15, 0.2) is 0 Å². The Hall–Kier alpha value is -3.54. The molecular formula is C20H15FN4O. The van der Waals surface area contributed by atoms with Gasteiger partial charge in [-0.25, -0.2) is 9.37 Å². The molecule has 0 spiro atoms. The van der Waals surface area contributed by atoms with Crippen molar-refractivity contribution in [3.05, 3.63) is 77.9 Å². The molecule has 2 N–H and O–H groups in total. The Balaban J connectivity index is 1.62. The van der Waals surface area contributed by atoms with Crippen LogP contribution in [0.2, 0.25) is 0 Å². The van der Waals surface area contributed by atoms with E-state index >= 15 is 0 Å². The van der Waals surface area contributed by atoms with Gasteiger partial charge in [-0.05, 0) is 61.0 Å². The summed E-state index contributed by atoms with van der Waals surface area (Å²) < 4.78 is 13.5. The predicted octanol–water partition coefficient (Wildman–Crippen LogP) is 4.32. The van der Waals surface area contributed by atoms with Crippen molar-refractivity contribution in [2.24, 2.45) is 0 Å². The van der Waals surface area contributed by atoms with Gasteiger partial charge < -0.3 is 10.3 Å². The van der Waals surface area contributed by atoms with E-state index in [-0.39, 0.29) is 11.5 Å². The molecule has 0 radical (unpaired) electrons. The van der Waals surface area contributed by atoms with E-state index in [0.29, 0.717) is 17.1 Å². The smallest absolute Gasteiger partial charge is 0.255 e. The second-order valence-electron chi connectivity index (χ2n) is 6.03. The molecule has 2 aromatic heterocycles. The van der Waals surface area contributed by atoms with Crippen molar-refractivity contribution in [3.8, 4) is 11.4 Å². The second-order valence-corrected chi connectivity index (χ2v) is 6.03. The second kappa shape index (κ2) is 6.40. The number of halogens is 1. The van der Waals surface area contributed by atoms with Crippen molar-refractivity contribution in [2.45, 2.75) is 6.92 Å². The van der Waals surface area contributed by atoms with E-state index < -0.39 is 5.82 Å². The Kier molecular flexibility index (Phi) is 3.93. The monoisotopic (exact) mass is 346 g/mol. The molecule has 0 bridgehead atoms. The molecule has 0 fully saturated rings. The topological polar surface area (TPSA) is 70.7 Å². The van der Waals surface area contributed by atoms with Crippen LogP contribution >= 0.6 is 0 Å². The molecule has 0 aliphatic carbocycles. The summed E-state index contributed by atoms with van der Waals surface area (Å²) in [5, 5.41) is 2.79. The normalized spacial score (nSPS) is 10.8. The van der Waals surface area contributed by atoms with Crippen molar-refractivity contribution in [1.29, 1.82) is 0 Å². The van der Waals surface area contributed by atoms with Gasteiger partial charge in [0.2, 0.25) is 0 Å². The summed E-state index contributed by atoms with van der Waals surface area (Å²) in [6, 6.07) is 13.4. The number of carbonyl (C=O) groups excluding carboxylic acids is 1. The Bertz CT molecular complexity index is 1090. The number of nitrogens with zero attached hydrogens (tertiary/aromatic N) is 2. The first-order valence-corrected chi connectivity index (χ1v) is 8.07. The molecule has 0 unspecified atom stereocenters. The fourth-order valence-corrected chi connectivity index (χ4v) is 2.80. The minimum Gasteiger partial charge on any atom is -0.338 e. The van der Waals surface area contributed by atoms with Crippen molar-refractivity contribution in [3.63, 3.8) is 0 Å². The van der Waals surface area contributed by atoms with Gasteiger partial charge in [0.25, 0.3) is 5.91 Å². The van der Waals surface area contributed by atoms with E-state index in [2.05, 4.69) is 20.3 Å². The maximum atomic E-state index is 13.5. The zero-order valence-corrected chi connectivity index (χ0v) is 14.0. The van der Waals surface area contributed by atoms with Gasteiger partial charge in [-0.2, -0.15) is 0 Å². The molecule has 0 saturated heterocycles. The lowest BCUT2D eigenvalue weighted by molar-refractivity contribution is 0.102. The number of amides is 1. The van der Waals surface area contributed by atoms with Gasteiger partial charge in [0, 0.05) is 29.2 Å². The molecule has 6 heteroatoms. The Morgan fingerprint density at radius 1 is 1.15 bits per heavy atom. The zero-order chi connectivity index (χ0) is 18.1. The van der Waals surface area contributed by atoms with Crippen LogP contribution in [0, 0.1) is 12.7 Å². The number of hydrogen-bond donors (Lipinski definition) is 2. The third-order valence-corrected chi connectivity index (χ3v) is 3.98. The summed E-state index contributed by atoms with van der Waals surface area (Å²) in [5.74, 6) is -0.0865. The molecular weight excluding hydrogens is 331 g/mol. The molecule has 4 aromatic rings. The minimum absolute atomic E-state index is 0.281. The first kappa shape index (κ1) is 16.0. The number of H-pyrrole nitrogens is 1. The third kappa shape index (κ3) is 3.17. The number of aromatic amines is 1. The van der Waals surface area contributed by atoms with E-state index in [1.165, 1.54) is 12.1 Å². The Morgan fingerprint density at radius 2 is 2.04 bits per heavy atom. The van der Waals surface area contributed by atoms with Crippen LogP contribution in [0.4, 0.5) is 10.1 Å². The van der Waals surface area contributed by atoms with Crippen LogP contribution in [0.1, 0.15) is 15.9 Å². The number of hydrogen-bond acceptors (Lipinski definition) is 3. The quantitative estimate of drug-likeness (QED) is 0.580. The number of benzene rings is 2. The molecule has 128 valence electrons. The fourth-order valence-electron chi connectivity index (χ4n) is 2.80. The van der Waals surface area contributed by atoms with E-state index in [4.69, 9.17) is 0 Å². The van der Waals surface area contributed by atoms with Crippen LogP contribution in [0.25, 0.3) is 22.4 Å².